The van der Waals surface area contributed by atoms with Gasteiger partial charge in [-0.3, -0.25) is 9.36 Å². The van der Waals surface area contributed by atoms with Crippen molar-refractivity contribution in [3.8, 4) is 11.4 Å². The van der Waals surface area contributed by atoms with Gasteiger partial charge >= 0.3 is 0 Å². The van der Waals surface area contributed by atoms with Crippen LogP contribution >= 0.6 is 0 Å². The van der Waals surface area contributed by atoms with E-state index in [2.05, 4.69) is 33.7 Å². The quantitative estimate of drug-likeness (QED) is 0.223. The highest BCUT2D eigenvalue weighted by Crippen LogP contribution is 2.37. The molecule has 4 rings (SSSR count). The number of benzene rings is 1. The zero-order valence-electron chi connectivity index (χ0n) is 20.8. The molecule has 1 aliphatic rings. The van der Waals surface area contributed by atoms with E-state index >= 15 is 0 Å². The van der Waals surface area contributed by atoms with Gasteiger partial charge < -0.3 is 19.8 Å². The lowest BCUT2D eigenvalue weighted by atomic mass is 10.1. The molecular weight excluding hydrogens is 460 g/mol. The van der Waals surface area contributed by atoms with Gasteiger partial charge in [0.1, 0.15) is 24.5 Å². The van der Waals surface area contributed by atoms with E-state index in [4.69, 9.17) is 9.72 Å². The summed E-state index contributed by atoms with van der Waals surface area (Å²) >= 11 is 0. The lowest BCUT2D eigenvalue weighted by Crippen LogP contribution is -2.24. The first-order valence-electron chi connectivity index (χ1n) is 12.6. The second-order valence-corrected chi connectivity index (χ2v) is 8.98. The molecule has 3 unspecified atom stereocenters. The average Bonchev–Trinajstić information content (AvgIpc) is 3.48. The van der Waals surface area contributed by atoms with Crippen molar-refractivity contribution >= 4 is 29.6 Å². The van der Waals surface area contributed by atoms with Crippen molar-refractivity contribution in [3.63, 3.8) is 0 Å². The molecule has 0 radical (unpaired) electrons. The summed E-state index contributed by atoms with van der Waals surface area (Å²) in [6, 6.07) is 7.15. The Morgan fingerprint density at radius 3 is 2.61 bits per heavy atom. The highest BCUT2D eigenvalue weighted by Gasteiger charge is 2.37. The Hall–Kier alpha value is -3.21. The second kappa shape index (κ2) is 12.2. The fourth-order valence-corrected chi connectivity index (χ4v) is 4.38. The molecule has 10 heteroatoms. The van der Waals surface area contributed by atoms with Crippen LogP contribution < -0.4 is 0 Å². The van der Waals surface area contributed by atoms with Gasteiger partial charge in [0.2, 0.25) is 0 Å². The summed E-state index contributed by atoms with van der Waals surface area (Å²) in [4.78, 5) is 32.4. The van der Waals surface area contributed by atoms with Gasteiger partial charge in [-0.25, -0.2) is 19.9 Å². The van der Waals surface area contributed by atoms with Gasteiger partial charge in [0, 0.05) is 30.6 Å². The summed E-state index contributed by atoms with van der Waals surface area (Å²) in [6.07, 6.45) is 6.44. The van der Waals surface area contributed by atoms with Crippen molar-refractivity contribution in [1.82, 2.24) is 24.4 Å². The number of aldehydes is 1. The van der Waals surface area contributed by atoms with Crippen LogP contribution in [0.2, 0.25) is 0 Å². The molecule has 1 aromatic carbocycles. The molecule has 3 aromatic rings. The topological polar surface area (TPSA) is 126 Å². The molecule has 0 bridgehead atoms. The molecule has 1 aliphatic heterocycles. The van der Waals surface area contributed by atoms with Crippen LogP contribution in [0.25, 0.3) is 22.6 Å². The Balaban J connectivity index is 1.81. The molecule has 2 N–H and O–H groups in total. The van der Waals surface area contributed by atoms with Gasteiger partial charge in [-0.15, -0.1) is 0 Å². The maximum atomic E-state index is 11.8. The molecule has 0 aliphatic carbocycles. The first-order chi connectivity index (χ1) is 17.6. The number of imidazole rings is 1. The number of ether oxygens (including phenoxy) is 1. The van der Waals surface area contributed by atoms with Gasteiger partial charge in [0.25, 0.3) is 0 Å². The average molecular weight is 495 g/mol. The largest absolute Gasteiger partial charge is 0.394 e. The number of carbonyl (C=O) groups is 1. The number of aromatic nitrogens is 4. The highest BCUT2D eigenvalue weighted by atomic mass is 16.5. The minimum Gasteiger partial charge on any atom is -0.394 e. The summed E-state index contributed by atoms with van der Waals surface area (Å²) in [5, 5.41) is 20.0. The van der Waals surface area contributed by atoms with Crippen molar-refractivity contribution in [1.29, 1.82) is 0 Å². The van der Waals surface area contributed by atoms with Crippen molar-refractivity contribution in [3.05, 3.63) is 36.2 Å². The molecule has 1 saturated heterocycles. The lowest BCUT2D eigenvalue weighted by Gasteiger charge is -2.18. The molecule has 192 valence electrons. The Morgan fingerprint density at radius 2 is 1.94 bits per heavy atom. The van der Waals surface area contributed by atoms with Crippen LogP contribution in [-0.2, 0) is 4.74 Å². The van der Waals surface area contributed by atoms with E-state index in [9.17, 15) is 15.0 Å². The Bertz CT molecular complexity index is 1190. The fraction of sp³-hybridized carbons (Fsp3) is 0.500. The van der Waals surface area contributed by atoms with Gasteiger partial charge in [-0.05, 0) is 12.8 Å². The van der Waals surface area contributed by atoms with Crippen molar-refractivity contribution in [2.24, 2.45) is 4.99 Å². The number of hydrogen-bond donors (Lipinski definition) is 2. The van der Waals surface area contributed by atoms with Crippen LogP contribution in [0, 0.1) is 0 Å². The normalized spacial score (nSPS) is 19.9. The Morgan fingerprint density at radius 1 is 1.19 bits per heavy atom. The predicted molar refractivity (Wildman–Crippen MR) is 137 cm³/mol. The molecule has 2 aromatic heterocycles. The number of fused-ring (bicyclic) bond motifs is 1. The number of rotatable bonds is 12. The summed E-state index contributed by atoms with van der Waals surface area (Å²) < 4.78 is 7.73. The van der Waals surface area contributed by atoms with E-state index in [-0.39, 0.29) is 13.0 Å². The van der Waals surface area contributed by atoms with Crippen LogP contribution in [0.4, 0.5) is 5.82 Å². The molecule has 0 saturated carbocycles. The molecule has 0 spiro atoms. The van der Waals surface area contributed by atoms with Crippen LogP contribution in [0.5, 0.6) is 0 Å². The van der Waals surface area contributed by atoms with Crippen LogP contribution in [0.1, 0.15) is 62.5 Å². The number of aliphatic hydroxyl groups excluding tert-OH is 2. The standard InChI is InChI=1S/C26H34N6O4/c1-3-5-11-31(12-6-4-2)17-29-24-23-26(28-16-27-24)32(22-13-20(35)21(15-34)36-22)25(30-23)19-10-8-7-9-18(19)14-33/h7-10,14,16-17,20-22,34-35H,3-6,11-13,15H2,1-2H3/b29-17+. The lowest BCUT2D eigenvalue weighted by molar-refractivity contribution is -0.0426. The Labute approximate surface area is 210 Å². The van der Waals surface area contributed by atoms with Crippen LogP contribution in [0.15, 0.2) is 35.6 Å². The molecule has 1 fully saturated rings. The first-order valence-corrected chi connectivity index (χ1v) is 12.6. The number of nitrogens with zero attached hydrogens (tertiary/aromatic N) is 6. The monoisotopic (exact) mass is 494 g/mol. The third-order valence-corrected chi connectivity index (χ3v) is 6.40. The van der Waals surface area contributed by atoms with E-state index in [0.717, 1.165) is 45.1 Å². The molecule has 3 atom stereocenters. The molecule has 0 amide bonds. The Kier molecular flexibility index (Phi) is 8.74. The smallest absolute Gasteiger partial charge is 0.185 e. The maximum absolute atomic E-state index is 11.8. The predicted octanol–water partition coefficient (Wildman–Crippen LogP) is 3.51. The number of aliphatic hydroxyl groups is 2. The summed E-state index contributed by atoms with van der Waals surface area (Å²) in [5.41, 5.74) is 2.03. The summed E-state index contributed by atoms with van der Waals surface area (Å²) in [5.74, 6) is 0.882. The maximum Gasteiger partial charge on any atom is 0.185 e. The zero-order valence-corrected chi connectivity index (χ0v) is 20.8. The zero-order chi connectivity index (χ0) is 25.5. The van der Waals surface area contributed by atoms with E-state index < -0.39 is 18.4 Å². The number of carbonyl (C=O) groups excluding carboxylic acids is 1. The van der Waals surface area contributed by atoms with Crippen molar-refractivity contribution in [2.45, 2.75) is 64.4 Å². The van der Waals surface area contributed by atoms with E-state index in [1.54, 1.807) is 16.7 Å². The van der Waals surface area contributed by atoms with E-state index in [1.807, 2.05) is 18.5 Å². The third kappa shape index (κ3) is 5.45. The molecule has 10 nitrogen and oxygen atoms in total. The van der Waals surface area contributed by atoms with E-state index in [1.165, 1.54) is 6.33 Å². The highest BCUT2D eigenvalue weighted by molar-refractivity contribution is 5.91. The van der Waals surface area contributed by atoms with Gasteiger partial charge in [-0.2, -0.15) is 0 Å². The summed E-state index contributed by atoms with van der Waals surface area (Å²) in [7, 11) is 0. The SMILES string of the molecule is CCCCN(/C=N/c1ncnc2c1nc(-c1ccccc1C=O)n2C1CC(O)C(CO)O1)CCCC. The minimum atomic E-state index is -0.836. The van der Waals surface area contributed by atoms with Gasteiger partial charge in [-0.1, -0.05) is 51.0 Å². The number of aliphatic imine (C=N–C) groups is 1. The molecular formula is C26H34N6O4. The molecule has 3 heterocycles. The minimum absolute atomic E-state index is 0.247. The van der Waals surface area contributed by atoms with Crippen LogP contribution in [-0.4, -0.2) is 79.2 Å². The summed E-state index contributed by atoms with van der Waals surface area (Å²) in [6.45, 7) is 5.85. The third-order valence-electron chi connectivity index (χ3n) is 6.40. The van der Waals surface area contributed by atoms with Gasteiger partial charge in [0.05, 0.1) is 19.0 Å². The number of unbranched alkanes of at least 4 members (excludes halogenated alkanes) is 2. The van der Waals surface area contributed by atoms with E-state index in [0.29, 0.717) is 33.9 Å². The first kappa shape index (κ1) is 25.9. The van der Waals surface area contributed by atoms with Crippen molar-refractivity contribution in [2.75, 3.05) is 19.7 Å². The fourth-order valence-electron chi connectivity index (χ4n) is 4.38. The number of hydrogen-bond acceptors (Lipinski definition) is 8. The second-order valence-electron chi connectivity index (χ2n) is 8.98. The molecule has 36 heavy (non-hydrogen) atoms. The van der Waals surface area contributed by atoms with Crippen molar-refractivity contribution < 1.29 is 19.7 Å². The van der Waals surface area contributed by atoms with Crippen LogP contribution in [0.3, 0.4) is 0 Å². The van der Waals surface area contributed by atoms with Gasteiger partial charge in [0.15, 0.2) is 23.3 Å².